The molecule has 29 heteroatoms. The van der Waals surface area contributed by atoms with Gasteiger partial charge in [-0.3, -0.25) is 24.4 Å². The summed E-state index contributed by atoms with van der Waals surface area (Å²) >= 11 is 3.38. The number of thiazole rings is 1. The van der Waals surface area contributed by atoms with Crippen LogP contribution in [0.2, 0.25) is 0 Å². The van der Waals surface area contributed by atoms with E-state index in [4.69, 9.17) is 29.1 Å². The van der Waals surface area contributed by atoms with E-state index in [0.717, 1.165) is 100 Å². The van der Waals surface area contributed by atoms with Crippen molar-refractivity contribution in [2.24, 2.45) is 0 Å². The number of thiophene rings is 1. The molecule has 0 spiro atoms. The summed E-state index contributed by atoms with van der Waals surface area (Å²) in [6, 6.07) is 113. The number of halogens is 3. The molecule has 140 heavy (non-hydrogen) atoms. The molecule has 1 aliphatic carbocycles. The minimum absolute atomic E-state index is 0. The molecule has 1 aliphatic heterocycles. The second-order valence-electron chi connectivity index (χ2n) is 30.0. The van der Waals surface area contributed by atoms with Crippen LogP contribution in [0.4, 0.5) is 18.9 Å². The van der Waals surface area contributed by atoms with E-state index in [1.54, 1.807) is 65.7 Å². The van der Waals surface area contributed by atoms with Gasteiger partial charge in [0.2, 0.25) is 0 Å². The molecule has 3 N–H and O–H groups in total. The number of aliphatic hydroxyl groups excluding tert-OH is 3. The van der Waals surface area contributed by atoms with Crippen molar-refractivity contribution in [2.45, 2.75) is 67.0 Å². The van der Waals surface area contributed by atoms with E-state index in [-0.39, 0.29) is 182 Å². The van der Waals surface area contributed by atoms with Crippen molar-refractivity contribution in [3.8, 4) is 71.9 Å². The van der Waals surface area contributed by atoms with Gasteiger partial charge in [-0.25, -0.2) is 17.4 Å². The van der Waals surface area contributed by atoms with E-state index in [9.17, 15) is 27.6 Å². The van der Waals surface area contributed by atoms with Gasteiger partial charge in [0.15, 0.2) is 17.3 Å². The number of aliphatic hydroxyl groups is 3. The molecule has 732 valence electrons. The number of carbonyl (C=O) groups excluding carboxylic acids is 3. The minimum atomic E-state index is -4.32. The molecule has 19 aromatic rings. The number of oxazole rings is 1. The zero-order valence-electron chi connectivity index (χ0n) is 76.2. The first-order valence-corrected chi connectivity index (χ1v) is 43.3. The van der Waals surface area contributed by atoms with Gasteiger partial charge in [-0.15, -0.1) is 142 Å². The van der Waals surface area contributed by atoms with Crippen LogP contribution in [0.25, 0.3) is 126 Å². The molecule has 0 saturated heterocycles. The molecular weight excluding hydrogens is 3060 g/mol. The average Bonchev–Trinajstić information content (AvgIpc) is 1.58. The second kappa shape index (κ2) is 59.3. The van der Waals surface area contributed by atoms with E-state index < -0.39 is 11.7 Å². The maximum Gasteiger partial charge on any atom is 0.381 e. The number of imidazole rings is 1. The molecule has 2 aliphatic rings. The first-order valence-electron chi connectivity index (χ1n) is 41.6. The number of fused-ring (bicyclic) bond motifs is 9. The normalized spacial score (nSPS) is 11.4. The maximum atomic E-state index is 12.3. The van der Waals surface area contributed by atoms with Gasteiger partial charge >= 0.3 is 6.18 Å². The van der Waals surface area contributed by atoms with Gasteiger partial charge < -0.3 is 58.5 Å². The standard InChI is InChI=1S/C18H14N2.C17H10NS.C16H12N2O.C13H8NO.C12H7F3N.C11H8N.C9H6NS.3C5H8O2.6Ir.Pt/c1-18(2)16-6-4-3-5-14(16)15-8-7-13(11-17(15)18)20-10-9-19-12-20;1-2-8-13-12(6-1)7-5-9-14(13)17-18-15-10-3-4-11-16(15)19-17;1-17-9-10-18(11-17)14-7-4-6-13-12-5-2-3-8-15(12)19-16(13)14;1-2-6-10(7-3-1)13-14-11-8-4-5-9-12(11)15-13;13-12(14,15)10-6-4-9(5-7-10)11-3-1-2-8-16-11;1-2-6-10(7-3-1)11-8-4-5-9-12-11;1-2-6-10-8(4-1)9-5-3-7-11-9;3*1-4(6)3-5(2)7;;;;;;;/h3-6,8-11H,1-2H3;1-8,10-11H;2-6,8-11H,1H3;1-6,8-9H;1-4,6-8H;1-6,8-9H;1-4,6-7H;3*3,6H,1-2H3;;;;;;;/q-2;-1;-2;4*-1;;;;;;;;;;. The first kappa shape index (κ1) is 119. The third-order valence-corrected chi connectivity index (χ3v) is 21.2. The number of ketones is 3. The van der Waals surface area contributed by atoms with Gasteiger partial charge in [-0.05, 0) is 143 Å². The van der Waals surface area contributed by atoms with Crippen LogP contribution in [-0.4, -0.2) is 79.1 Å². The SMILES string of the molecule is CC(=O)C=C(C)O.CC(=O)C=C(C)O.CC(=O)C=C(C)O.CC1(C)c2ccccc2-c2c[c-]c(-n3[c-]ncc3)cc21.CN1C=CN(c2[c-]ccc3c2oc2ccccc23)[CH-]1.FC(F)(F)c1c[c-]c(-c2ccccn2)cc1.[Ir].[Ir].[Ir].[Ir].[Ir].[Ir].[Pt].[c-]1ccc2ccccc2c1-c1nc2ccccc2s1.[c-]1ccccc1-c1ccccn1.[c-]1ccccc1-c1nc2ccccc2o1.[c-]1ccsc1-c1ccccn1. The average molecular weight is 3150 g/mol. The number of carbonyl (C=O) groups is 3. The molecular formula is C111H89F3Ir6N9O8PtS2-9. The number of furan rings is 1. The Balaban J connectivity index is 0.000000278. The van der Waals surface area contributed by atoms with E-state index in [0.29, 0.717) is 17.1 Å². The summed E-state index contributed by atoms with van der Waals surface area (Å²) in [5.41, 5.74) is 17.3. The van der Waals surface area contributed by atoms with Crippen molar-refractivity contribution < 1.29 is 193 Å². The van der Waals surface area contributed by atoms with Gasteiger partial charge in [-0.1, -0.05) is 186 Å². The molecule has 0 unspecified atom stereocenters. The molecule has 0 fully saturated rings. The molecule has 0 saturated carbocycles. The fraction of sp³-hybridized carbons (Fsp3) is 0.0991. The topological polar surface area (TPSA) is 227 Å². The zero-order chi connectivity index (χ0) is 94.2. The smallest absolute Gasteiger partial charge is 0.381 e. The largest absolute Gasteiger partial charge is 0.514 e. The van der Waals surface area contributed by atoms with Crippen molar-refractivity contribution in [1.82, 2.24) is 39.4 Å². The quantitative estimate of drug-likeness (QED) is 0.0657. The van der Waals surface area contributed by atoms with E-state index in [2.05, 4.69) is 179 Å². The summed E-state index contributed by atoms with van der Waals surface area (Å²) in [6.07, 6.45) is 14.9. The summed E-state index contributed by atoms with van der Waals surface area (Å²) < 4.78 is 51.6. The predicted molar refractivity (Wildman–Crippen MR) is 524 cm³/mol. The molecule has 21 rings (SSSR count). The second-order valence-corrected chi connectivity index (χ2v) is 32.0. The summed E-state index contributed by atoms with van der Waals surface area (Å²) in [6.45, 7) is 15.1. The molecule has 6 radical (unpaired) electrons. The van der Waals surface area contributed by atoms with Crippen molar-refractivity contribution in [3.05, 3.63) is 442 Å². The Morgan fingerprint density at radius 1 is 0.479 bits per heavy atom. The van der Waals surface area contributed by atoms with Gasteiger partial charge in [-0.2, -0.15) is 79.3 Å². The van der Waals surface area contributed by atoms with E-state index >= 15 is 0 Å². The number of rotatable bonds is 10. The number of benzene rings is 11. The number of alkyl halides is 3. The third kappa shape index (κ3) is 34.8. The summed E-state index contributed by atoms with van der Waals surface area (Å²) in [7, 11) is 2.00. The van der Waals surface area contributed by atoms with Crippen molar-refractivity contribution in [3.63, 3.8) is 0 Å². The molecule has 11 aromatic carbocycles. The van der Waals surface area contributed by atoms with Crippen LogP contribution in [0.15, 0.2) is 378 Å². The zero-order valence-corrected chi connectivity index (χ0v) is 94.5. The van der Waals surface area contributed by atoms with Gasteiger partial charge in [0.05, 0.1) is 28.3 Å². The maximum absolute atomic E-state index is 12.3. The van der Waals surface area contributed by atoms with Gasteiger partial charge in [0.1, 0.15) is 17.1 Å². The number of pyridine rings is 3. The number of hydrogen-bond donors (Lipinski definition) is 3. The number of aromatic nitrogens is 7. The molecule has 0 amide bonds. The summed E-state index contributed by atoms with van der Waals surface area (Å²) in [5.74, 6) is 0.435. The summed E-state index contributed by atoms with van der Waals surface area (Å²) in [4.78, 5) is 60.7. The number of hydrogen-bond acceptors (Lipinski definition) is 18. The molecule has 8 aromatic heterocycles. The number of nitrogens with zero attached hydrogens (tertiary/aromatic N) is 9. The Labute approximate surface area is 915 Å². The van der Waals surface area contributed by atoms with Crippen molar-refractivity contribution in [1.29, 1.82) is 0 Å². The Morgan fingerprint density at radius 2 is 1.03 bits per heavy atom. The minimum Gasteiger partial charge on any atom is -0.514 e. The van der Waals surface area contributed by atoms with Crippen molar-refractivity contribution >= 4 is 99.7 Å². The Hall–Kier alpha value is -11.5. The fourth-order valence-corrected chi connectivity index (χ4v) is 15.2. The van der Waals surface area contributed by atoms with Crippen LogP contribution in [0.1, 0.15) is 72.1 Å². The summed E-state index contributed by atoms with van der Waals surface area (Å²) in [5, 5.41) is 32.8. The Morgan fingerprint density at radius 3 is 1.56 bits per heavy atom. The molecule has 0 bridgehead atoms. The van der Waals surface area contributed by atoms with Crippen LogP contribution >= 0.6 is 22.7 Å². The van der Waals surface area contributed by atoms with Crippen LogP contribution in [0, 0.1) is 55.5 Å². The fourth-order valence-electron chi connectivity index (χ4n) is 13.5. The monoisotopic (exact) mass is 3150 g/mol. The van der Waals surface area contributed by atoms with Gasteiger partial charge in [0.25, 0.3) is 0 Å². The molecule has 17 nitrogen and oxygen atoms in total. The van der Waals surface area contributed by atoms with Crippen LogP contribution < -0.4 is 4.90 Å². The number of anilines is 1. The first-order chi connectivity index (χ1) is 64.2. The molecule has 0 atom stereocenters. The van der Waals surface area contributed by atoms with Crippen molar-refractivity contribution in [2.75, 3.05) is 11.9 Å². The van der Waals surface area contributed by atoms with E-state index in [1.807, 2.05) is 210 Å². The van der Waals surface area contributed by atoms with Crippen LogP contribution in [0.3, 0.4) is 0 Å². The predicted octanol–water partition coefficient (Wildman–Crippen LogP) is 27.5. The number of para-hydroxylation sites is 4. The van der Waals surface area contributed by atoms with Crippen LogP contribution in [0.5, 0.6) is 0 Å². The van der Waals surface area contributed by atoms with E-state index in [1.165, 1.54) is 104 Å². The third-order valence-electron chi connectivity index (χ3n) is 19.4. The Kier molecular flexibility index (Phi) is 50.4. The number of allylic oxidation sites excluding steroid dienone is 6. The van der Waals surface area contributed by atoms with Gasteiger partial charge in [0, 0.05) is 206 Å². The molecule has 9 heterocycles. The Bertz CT molecular complexity index is 6990. The van der Waals surface area contributed by atoms with Crippen LogP contribution in [-0.2, 0) is 168 Å².